The van der Waals surface area contributed by atoms with Crippen molar-refractivity contribution in [3.05, 3.63) is 0 Å². The third-order valence-corrected chi connectivity index (χ3v) is 5.37. The molecule has 142 valence electrons. The molecule has 0 saturated carbocycles. The molecule has 0 heterocycles. The Morgan fingerprint density at radius 2 is 1.62 bits per heavy atom. The fraction of sp³-hybridized carbons (Fsp3) is 0.895. The Balaban J connectivity index is 5.70. The maximum absolute atomic E-state index is 12.9. The lowest BCUT2D eigenvalue weighted by Gasteiger charge is -2.39. The zero-order valence-corrected chi connectivity index (χ0v) is 17.2. The molecule has 0 aliphatic carbocycles. The van der Waals surface area contributed by atoms with E-state index in [0.717, 1.165) is 38.5 Å². The third-order valence-electron chi connectivity index (χ3n) is 4.09. The van der Waals surface area contributed by atoms with Gasteiger partial charge in [-0.2, -0.15) is 0 Å². The minimum atomic E-state index is -0.620. The predicted octanol–water partition coefficient (Wildman–Crippen LogP) is 5.83. The highest BCUT2D eigenvalue weighted by Gasteiger charge is 2.47. The van der Waals surface area contributed by atoms with Crippen molar-refractivity contribution in [2.24, 2.45) is 11.3 Å². The lowest BCUT2D eigenvalue weighted by Crippen LogP contribution is -2.44. The van der Waals surface area contributed by atoms with Crippen molar-refractivity contribution in [3.8, 4) is 0 Å². The van der Waals surface area contributed by atoms with Gasteiger partial charge in [0, 0.05) is 5.25 Å². The first-order chi connectivity index (χ1) is 11.4. The van der Waals surface area contributed by atoms with Gasteiger partial charge in [-0.25, -0.2) is 4.79 Å². The Bertz CT molecular complexity index is 370. The van der Waals surface area contributed by atoms with Crippen LogP contribution < -0.4 is 0 Å². The zero-order chi connectivity index (χ0) is 18.6. The number of rotatable bonds is 12. The second-order valence-corrected chi connectivity index (χ2v) is 7.79. The largest absolute Gasteiger partial charge is 0.466 e. The van der Waals surface area contributed by atoms with E-state index in [2.05, 4.69) is 27.7 Å². The van der Waals surface area contributed by atoms with Crippen LogP contribution in [0, 0.1) is 11.3 Å². The highest BCUT2D eigenvalue weighted by molar-refractivity contribution is 8.13. The second kappa shape index (κ2) is 12.6. The summed E-state index contributed by atoms with van der Waals surface area (Å²) in [7, 11) is 0. The lowest BCUT2D eigenvalue weighted by molar-refractivity contribution is -0.157. The smallest absolute Gasteiger partial charge is 0.367 e. The maximum atomic E-state index is 12.9. The van der Waals surface area contributed by atoms with Gasteiger partial charge in [-0.3, -0.25) is 4.79 Å². The summed E-state index contributed by atoms with van der Waals surface area (Å²) >= 11 is 1.19. The van der Waals surface area contributed by atoms with Gasteiger partial charge in [-0.15, -0.1) is 0 Å². The number of thioether (sulfide) groups is 1. The van der Waals surface area contributed by atoms with Crippen molar-refractivity contribution in [2.45, 2.75) is 85.3 Å². The predicted molar refractivity (Wildman–Crippen MR) is 101 cm³/mol. The van der Waals surface area contributed by atoms with Crippen LogP contribution in [0.5, 0.6) is 0 Å². The average molecular weight is 361 g/mol. The minimum Gasteiger partial charge on any atom is -0.466 e. The van der Waals surface area contributed by atoms with Gasteiger partial charge in [-0.05, 0) is 50.8 Å². The summed E-state index contributed by atoms with van der Waals surface area (Å²) in [5, 5.41) is -0.384. The molecule has 0 saturated heterocycles. The monoisotopic (exact) mass is 360 g/mol. The summed E-state index contributed by atoms with van der Waals surface area (Å²) in [4.78, 5) is 25.1. The molecule has 0 aromatic rings. The molecule has 0 aromatic carbocycles. The quantitative estimate of drug-likeness (QED) is 0.410. The van der Waals surface area contributed by atoms with E-state index in [9.17, 15) is 9.59 Å². The number of esters is 1. The van der Waals surface area contributed by atoms with Crippen LogP contribution in [0.15, 0.2) is 0 Å². The molecule has 0 amide bonds. The van der Waals surface area contributed by atoms with Gasteiger partial charge in [0.1, 0.15) is 0 Å². The van der Waals surface area contributed by atoms with Crippen molar-refractivity contribution in [1.29, 1.82) is 0 Å². The molecule has 24 heavy (non-hydrogen) atoms. The first kappa shape index (κ1) is 23.3. The van der Waals surface area contributed by atoms with Gasteiger partial charge in [0.2, 0.25) is 0 Å². The molecule has 0 aliphatic rings. The van der Waals surface area contributed by atoms with Crippen LogP contribution in [0.3, 0.4) is 0 Å². The van der Waals surface area contributed by atoms with Gasteiger partial charge in [-0.1, -0.05) is 47.0 Å². The van der Waals surface area contributed by atoms with E-state index in [0.29, 0.717) is 19.1 Å². The number of ether oxygens (including phenoxy) is 2. The summed E-state index contributed by atoms with van der Waals surface area (Å²) in [6.07, 6.45) is 5.21. The Morgan fingerprint density at radius 3 is 2.08 bits per heavy atom. The third kappa shape index (κ3) is 7.45. The Labute approximate surface area is 152 Å². The van der Waals surface area contributed by atoms with Crippen LogP contribution in [0.2, 0.25) is 0 Å². The van der Waals surface area contributed by atoms with E-state index in [-0.39, 0.29) is 16.5 Å². The van der Waals surface area contributed by atoms with Crippen LogP contribution in [0.25, 0.3) is 0 Å². The molecule has 2 unspecified atom stereocenters. The Hall–Kier alpha value is -0.710. The lowest BCUT2D eigenvalue weighted by atomic mass is 9.72. The highest BCUT2D eigenvalue weighted by Crippen LogP contribution is 2.45. The summed E-state index contributed by atoms with van der Waals surface area (Å²) < 4.78 is 10.6. The van der Waals surface area contributed by atoms with Gasteiger partial charge in [0.15, 0.2) is 0 Å². The van der Waals surface area contributed by atoms with E-state index >= 15 is 0 Å². The zero-order valence-electron chi connectivity index (χ0n) is 16.4. The molecule has 0 spiro atoms. The van der Waals surface area contributed by atoms with Crippen LogP contribution in [0.4, 0.5) is 4.79 Å². The molecule has 0 aliphatic heterocycles. The number of hydrogen-bond donors (Lipinski definition) is 0. The molecular weight excluding hydrogens is 324 g/mol. The Morgan fingerprint density at radius 1 is 1.00 bits per heavy atom. The van der Waals surface area contributed by atoms with E-state index in [1.807, 2.05) is 6.92 Å². The molecule has 5 heteroatoms. The van der Waals surface area contributed by atoms with Crippen molar-refractivity contribution >= 4 is 23.0 Å². The number of unbranched alkanes of at least 4 members (excludes halogenated alkanes) is 1. The topological polar surface area (TPSA) is 52.6 Å². The average Bonchev–Trinajstić information content (AvgIpc) is 2.50. The number of carbonyl (C=O) groups is 2. The fourth-order valence-corrected chi connectivity index (χ4v) is 4.50. The summed E-state index contributed by atoms with van der Waals surface area (Å²) in [5.74, 6) is 0.200. The van der Waals surface area contributed by atoms with Crippen LogP contribution in [0.1, 0.15) is 80.1 Å². The van der Waals surface area contributed by atoms with Crippen molar-refractivity contribution in [1.82, 2.24) is 0 Å². The van der Waals surface area contributed by atoms with Crippen LogP contribution in [-0.4, -0.2) is 29.7 Å². The van der Waals surface area contributed by atoms with Gasteiger partial charge < -0.3 is 9.47 Å². The van der Waals surface area contributed by atoms with E-state index in [4.69, 9.17) is 9.47 Å². The normalized spacial score (nSPS) is 15.0. The van der Waals surface area contributed by atoms with Crippen LogP contribution >= 0.6 is 11.8 Å². The fourth-order valence-electron chi connectivity index (χ4n) is 3.27. The van der Waals surface area contributed by atoms with Gasteiger partial charge in [0.25, 0.3) is 0 Å². The molecule has 0 bridgehead atoms. The van der Waals surface area contributed by atoms with Gasteiger partial charge in [0.05, 0.1) is 18.6 Å². The molecule has 4 nitrogen and oxygen atoms in total. The van der Waals surface area contributed by atoms with Gasteiger partial charge >= 0.3 is 11.3 Å². The van der Waals surface area contributed by atoms with Crippen LogP contribution in [-0.2, 0) is 14.3 Å². The maximum Gasteiger partial charge on any atom is 0.367 e. The molecule has 0 fully saturated rings. The minimum absolute atomic E-state index is 0.0992. The van der Waals surface area contributed by atoms with E-state index in [1.54, 1.807) is 6.92 Å². The summed E-state index contributed by atoms with van der Waals surface area (Å²) in [6, 6.07) is 0. The molecule has 0 rings (SSSR count). The van der Waals surface area contributed by atoms with E-state index < -0.39 is 5.41 Å². The second-order valence-electron chi connectivity index (χ2n) is 6.66. The van der Waals surface area contributed by atoms with Crippen molar-refractivity contribution in [2.75, 3.05) is 13.2 Å². The van der Waals surface area contributed by atoms with E-state index in [1.165, 1.54) is 11.8 Å². The molecule has 0 aromatic heterocycles. The Kier molecular flexibility index (Phi) is 12.3. The SMILES string of the molecule is CCCCC(SC(=O)OCC)C(CCC)(CC(C)C)C(=O)OCC. The molecule has 0 radical (unpaired) electrons. The summed E-state index contributed by atoms with van der Waals surface area (Å²) in [6.45, 7) is 12.8. The molecular formula is C19H36O4S. The summed E-state index contributed by atoms with van der Waals surface area (Å²) in [5.41, 5.74) is -0.620. The number of hydrogen-bond acceptors (Lipinski definition) is 5. The van der Waals surface area contributed by atoms with Crippen molar-refractivity contribution in [3.63, 3.8) is 0 Å². The molecule has 2 atom stereocenters. The first-order valence-corrected chi connectivity index (χ1v) is 10.3. The molecule has 0 N–H and O–H groups in total. The van der Waals surface area contributed by atoms with Crippen molar-refractivity contribution < 1.29 is 19.1 Å². The standard InChI is InChI=1S/C19H36O4S/c1-7-11-12-16(24-18(21)23-10-4)19(13-8-2,14-15(5)6)17(20)22-9-3/h15-16H,7-14H2,1-6H3. The number of carbonyl (C=O) groups excluding carboxylic acids is 2. The highest BCUT2D eigenvalue weighted by atomic mass is 32.2. The first-order valence-electron chi connectivity index (χ1n) is 9.38.